The molecule has 0 N–H and O–H groups in total. The van der Waals surface area contributed by atoms with E-state index in [1.165, 1.54) is 24.8 Å². The van der Waals surface area contributed by atoms with Crippen LogP contribution in [-0.2, 0) is 17.8 Å². The Kier molecular flexibility index (Phi) is 7.39. The zero-order chi connectivity index (χ0) is 21.3. The summed E-state index contributed by atoms with van der Waals surface area (Å²) in [5, 5.41) is 0. The molecule has 0 unspecified atom stereocenters. The normalized spacial score (nSPS) is 10.0. The molecule has 0 amide bonds. The van der Waals surface area contributed by atoms with E-state index in [2.05, 4.69) is 42.7 Å². The van der Waals surface area contributed by atoms with E-state index in [4.69, 9.17) is 4.74 Å². The molecule has 0 saturated heterocycles. The van der Waals surface area contributed by atoms with Gasteiger partial charge in [-0.3, -0.25) is 0 Å². The predicted molar refractivity (Wildman–Crippen MR) is 116 cm³/mol. The van der Waals surface area contributed by atoms with Gasteiger partial charge in [-0.1, -0.05) is 55.2 Å². The molecule has 0 heterocycles. The van der Waals surface area contributed by atoms with E-state index in [1.807, 2.05) is 36.4 Å². The number of hydrogen-bond donors (Lipinski definition) is 0. The number of halogens is 2. The van der Waals surface area contributed by atoms with Crippen molar-refractivity contribution in [3.05, 3.63) is 106 Å². The summed E-state index contributed by atoms with van der Waals surface area (Å²) < 4.78 is 33.0. The first-order valence-corrected chi connectivity index (χ1v) is 9.79. The second kappa shape index (κ2) is 10.4. The van der Waals surface area contributed by atoms with Gasteiger partial charge < -0.3 is 4.74 Å². The van der Waals surface area contributed by atoms with Gasteiger partial charge in [0.05, 0.1) is 12.2 Å². The minimum atomic E-state index is -0.954. The predicted octanol–water partition coefficient (Wildman–Crippen LogP) is 5.86. The van der Waals surface area contributed by atoms with Crippen LogP contribution in [0, 0.1) is 35.3 Å². The third-order valence-corrected chi connectivity index (χ3v) is 4.53. The molecule has 0 aliphatic heterocycles. The Morgan fingerprint density at radius 1 is 0.700 bits per heavy atom. The van der Waals surface area contributed by atoms with Crippen molar-refractivity contribution in [1.82, 2.24) is 0 Å². The summed E-state index contributed by atoms with van der Waals surface area (Å²) in [7, 11) is 1.43. The zero-order valence-corrected chi connectivity index (χ0v) is 17.1. The Morgan fingerprint density at radius 2 is 1.23 bits per heavy atom. The van der Waals surface area contributed by atoms with Crippen LogP contribution in [0.3, 0.4) is 0 Å². The smallest absolute Gasteiger partial charge is 0.174 e. The van der Waals surface area contributed by atoms with Crippen LogP contribution in [0.4, 0.5) is 8.78 Å². The van der Waals surface area contributed by atoms with Gasteiger partial charge >= 0.3 is 0 Å². The van der Waals surface area contributed by atoms with Crippen LogP contribution in [-0.4, -0.2) is 7.11 Å². The second-order valence-corrected chi connectivity index (χ2v) is 6.86. The summed E-state index contributed by atoms with van der Waals surface area (Å²) in [5.41, 5.74) is 4.03. The van der Waals surface area contributed by atoms with Crippen molar-refractivity contribution in [1.29, 1.82) is 0 Å². The molecule has 0 spiro atoms. The third kappa shape index (κ3) is 5.57. The molecule has 0 aliphatic carbocycles. The van der Waals surface area contributed by atoms with E-state index in [0.29, 0.717) is 5.56 Å². The lowest BCUT2D eigenvalue weighted by molar-refractivity contribution is 0.180. The average molecular weight is 400 g/mol. The zero-order valence-electron chi connectivity index (χ0n) is 17.1. The van der Waals surface area contributed by atoms with Gasteiger partial charge in [-0.15, -0.1) is 0 Å². The lowest BCUT2D eigenvalue weighted by Crippen LogP contribution is -1.98. The fourth-order valence-electron chi connectivity index (χ4n) is 2.92. The van der Waals surface area contributed by atoms with Crippen molar-refractivity contribution in [2.75, 3.05) is 7.11 Å². The summed E-state index contributed by atoms with van der Waals surface area (Å²) in [6, 6.07) is 18.6. The molecule has 0 fully saturated rings. The molecule has 1 nitrogen and oxygen atoms in total. The molecule has 0 radical (unpaired) electrons. The Bertz CT molecular complexity index is 1120. The van der Waals surface area contributed by atoms with Crippen molar-refractivity contribution in [3.8, 4) is 23.7 Å². The Balaban J connectivity index is 1.71. The lowest BCUT2D eigenvalue weighted by Gasteiger charge is -2.03. The summed E-state index contributed by atoms with van der Waals surface area (Å²) in [4.78, 5) is 0. The number of hydrogen-bond acceptors (Lipinski definition) is 1. The molecule has 3 aromatic rings. The van der Waals surface area contributed by atoms with Crippen molar-refractivity contribution in [3.63, 3.8) is 0 Å². The van der Waals surface area contributed by atoms with Gasteiger partial charge in [0, 0.05) is 29.4 Å². The van der Waals surface area contributed by atoms with Crippen molar-refractivity contribution >= 4 is 0 Å². The number of methoxy groups -OCH3 is 1. The van der Waals surface area contributed by atoms with Gasteiger partial charge in [0.1, 0.15) is 0 Å². The highest BCUT2D eigenvalue weighted by Crippen LogP contribution is 2.16. The Hall–Kier alpha value is -3.40. The van der Waals surface area contributed by atoms with Gasteiger partial charge in [0.2, 0.25) is 0 Å². The van der Waals surface area contributed by atoms with Gasteiger partial charge in [-0.05, 0) is 54.4 Å². The monoisotopic (exact) mass is 400 g/mol. The minimum Gasteiger partial charge on any atom is -0.380 e. The fraction of sp³-hybridized carbons (Fsp3) is 0.185. The highest BCUT2D eigenvalue weighted by molar-refractivity contribution is 5.48. The number of ether oxygens (including phenoxy) is 1. The largest absolute Gasteiger partial charge is 0.380 e. The minimum absolute atomic E-state index is 0.0157. The Morgan fingerprint density at radius 3 is 1.77 bits per heavy atom. The highest BCUT2D eigenvalue weighted by Gasteiger charge is 2.11. The molecule has 3 rings (SSSR count). The molecule has 0 atom stereocenters. The fourth-order valence-corrected chi connectivity index (χ4v) is 2.92. The van der Waals surface area contributed by atoms with E-state index in [9.17, 15) is 8.78 Å². The molecule has 0 saturated carbocycles. The quantitative estimate of drug-likeness (QED) is 0.498. The summed E-state index contributed by atoms with van der Waals surface area (Å²) in [6.45, 7) is 2.18. The van der Waals surface area contributed by atoms with Gasteiger partial charge in [0.25, 0.3) is 0 Å². The third-order valence-electron chi connectivity index (χ3n) is 4.53. The number of rotatable bonds is 4. The number of benzene rings is 3. The van der Waals surface area contributed by atoms with E-state index >= 15 is 0 Å². The summed E-state index contributed by atoms with van der Waals surface area (Å²) in [5.74, 6) is 9.96. The summed E-state index contributed by atoms with van der Waals surface area (Å²) in [6.07, 6.45) is 2.20. The van der Waals surface area contributed by atoms with Crippen molar-refractivity contribution < 1.29 is 13.5 Å². The first-order valence-electron chi connectivity index (χ1n) is 9.79. The van der Waals surface area contributed by atoms with Crippen LogP contribution >= 0.6 is 0 Å². The van der Waals surface area contributed by atoms with Crippen LogP contribution in [0.5, 0.6) is 0 Å². The molecular formula is C27H22F2O. The maximum Gasteiger partial charge on any atom is 0.174 e. The molecular weight excluding hydrogens is 378 g/mol. The van der Waals surface area contributed by atoms with Crippen molar-refractivity contribution in [2.45, 2.75) is 26.4 Å². The van der Waals surface area contributed by atoms with E-state index in [1.54, 1.807) is 0 Å². The summed E-state index contributed by atoms with van der Waals surface area (Å²) >= 11 is 0. The molecule has 30 heavy (non-hydrogen) atoms. The molecule has 3 aromatic carbocycles. The maximum atomic E-state index is 14.1. The standard InChI is InChI=1S/C27H22F2O/c1-3-4-20-5-7-21(8-6-20)9-10-22-11-13-23(14-12-22)15-16-24-17-18-25(19-30-2)27(29)26(24)28/h5-8,11-14,17-18H,3-4,19H2,1-2H3. The lowest BCUT2D eigenvalue weighted by atomic mass is 10.1. The van der Waals surface area contributed by atoms with E-state index < -0.39 is 11.6 Å². The first-order chi connectivity index (χ1) is 14.6. The molecule has 150 valence electrons. The molecule has 0 aliphatic rings. The van der Waals surface area contributed by atoms with Gasteiger partial charge in [-0.2, -0.15) is 0 Å². The average Bonchev–Trinajstić information content (AvgIpc) is 2.77. The van der Waals surface area contributed by atoms with Gasteiger partial charge in [-0.25, -0.2) is 8.78 Å². The van der Waals surface area contributed by atoms with Crippen LogP contribution in [0.25, 0.3) is 0 Å². The SMILES string of the molecule is CCCc1ccc(C#Cc2ccc(C#Cc3ccc(COC)c(F)c3F)cc2)cc1. The van der Waals surface area contributed by atoms with Crippen LogP contribution < -0.4 is 0 Å². The Labute approximate surface area is 176 Å². The second-order valence-electron chi connectivity index (χ2n) is 6.86. The van der Waals surface area contributed by atoms with E-state index in [-0.39, 0.29) is 17.7 Å². The maximum absolute atomic E-state index is 14.1. The first kappa shape index (κ1) is 21.3. The molecule has 0 bridgehead atoms. The molecule has 0 aromatic heterocycles. The van der Waals surface area contributed by atoms with Crippen LogP contribution in [0.1, 0.15) is 46.7 Å². The van der Waals surface area contributed by atoms with E-state index in [0.717, 1.165) is 24.0 Å². The number of aryl methyl sites for hydroxylation is 1. The highest BCUT2D eigenvalue weighted by atomic mass is 19.2. The van der Waals surface area contributed by atoms with Crippen molar-refractivity contribution in [2.24, 2.45) is 0 Å². The topological polar surface area (TPSA) is 9.23 Å². The molecule has 3 heteroatoms. The van der Waals surface area contributed by atoms with Gasteiger partial charge in [0.15, 0.2) is 11.6 Å². The van der Waals surface area contributed by atoms with Crippen LogP contribution in [0.2, 0.25) is 0 Å². The van der Waals surface area contributed by atoms with Crippen LogP contribution in [0.15, 0.2) is 60.7 Å².